The van der Waals surface area contributed by atoms with Crippen LogP contribution in [0, 0.1) is 12.8 Å². The van der Waals surface area contributed by atoms with E-state index in [0.29, 0.717) is 32.5 Å². The van der Waals surface area contributed by atoms with Crippen molar-refractivity contribution in [2.75, 3.05) is 25.5 Å². The van der Waals surface area contributed by atoms with Crippen molar-refractivity contribution in [1.82, 2.24) is 4.31 Å². The molecular weight excluding hydrogens is 388 g/mol. The van der Waals surface area contributed by atoms with E-state index in [0.717, 1.165) is 22.4 Å². The van der Waals surface area contributed by atoms with E-state index in [1.807, 2.05) is 55.5 Å². The minimum absolute atomic E-state index is 0.00281. The first-order valence-electron chi connectivity index (χ1n) is 9.80. The average Bonchev–Trinajstić information content (AvgIpc) is 2.70. The standard InChI is InChI=1S/C22H28N2O4S/c1-17-6-3-4-8-20(17)16-29(26,27)24-12-10-19(11-13-24)22(25)23-21-9-5-7-18(14-21)15-28-2/h3-9,14,19H,10-13,15-16H2,1-2H3,(H,23,25). The molecule has 1 aliphatic heterocycles. The lowest BCUT2D eigenvalue weighted by Crippen LogP contribution is -2.42. The number of ether oxygens (including phenoxy) is 1. The fourth-order valence-electron chi connectivity index (χ4n) is 3.61. The minimum atomic E-state index is -3.39. The number of hydrogen-bond acceptors (Lipinski definition) is 4. The molecule has 1 aliphatic rings. The van der Waals surface area contributed by atoms with E-state index in [1.165, 1.54) is 4.31 Å². The van der Waals surface area contributed by atoms with Gasteiger partial charge in [-0.2, -0.15) is 0 Å². The third kappa shape index (κ3) is 5.65. The maximum absolute atomic E-state index is 12.8. The Bertz CT molecular complexity index is 951. The molecule has 2 aromatic carbocycles. The van der Waals surface area contributed by atoms with Crippen LogP contribution in [0.15, 0.2) is 48.5 Å². The molecule has 1 N–H and O–H groups in total. The van der Waals surface area contributed by atoms with Crippen LogP contribution in [0.4, 0.5) is 5.69 Å². The zero-order valence-electron chi connectivity index (χ0n) is 16.9. The molecule has 0 aromatic heterocycles. The van der Waals surface area contributed by atoms with Crippen molar-refractivity contribution in [3.8, 4) is 0 Å². The van der Waals surface area contributed by atoms with E-state index in [1.54, 1.807) is 7.11 Å². The summed E-state index contributed by atoms with van der Waals surface area (Å²) in [6.07, 6.45) is 1.05. The van der Waals surface area contributed by atoms with Crippen LogP contribution in [0.1, 0.15) is 29.5 Å². The monoisotopic (exact) mass is 416 g/mol. The van der Waals surface area contributed by atoms with Gasteiger partial charge in [0.1, 0.15) is 0 Å². The Morgan fingerprint density at radius 3 is 2.55 bits per heavy atom. The summed E-state index contributed by atoms with van der Waals surface area (Å²) in [4.78, 5) is 12.6. The number of amides is 1. The van der Waals surface area contributed by atoms with Crippen LogP contribution < -0.4 is 5.32 Å². The van der Waals surface area contributed by atoms with Gasteiger partial charge < -0.3 is 10.1 Å². The fourth-order valence-corrected chi connectivity index (χ4v) is 5.27. The van der Waals surface area contributed by atoms with Crippen molar-refractivity contribution in [3.63, 3.8) is 0 Å². The third-order valence-corrected chi connectivity index (χ3v) is 7.15. The Morgan fingerprint density at radius 1 is 1.14 bits per heavy atom. The summed E-state index contributed by atoms with van der Waals surface area (Å²) >= 11 is 0. The molecule has 1 amide bonds. The topological polar surface area (TPSA) is 75.7 Å². The number of nitrogens with one attached hydrogen (secondary N) is 1. The molecule has 0 bridgehead atoms. The molecule has 0 unspecified atom stereocenters. The molecule has 0 atom stereocenters. The molecule has 0 aliphatic carbocycles. The highest BCUT2D eigenvalue weighted by Gasteiger charge is 2.31. The van der Waals surface area contributed by atoms with Gasteiger partial charge in [0.25, 0.3) is 0 Å². The second kappa shape index (κ2) is 9.52. The highest BCUT2D eigenvalue weighted by atomic mass is 32.2. The van der Waals surface area contributed by atoms with Crippen LogP contribution in [-0.4, -0.2) is 38.8 Å². The summed E-state index contributed by atoms with van der Waals surface area (Å²) in [6, 6.07) is 15.1. The molecule has 156 valence electrons. The Morgan fingerprint density at radius 2 is 1.86 bits per heavy atom. The first-order chi connectivity index (χ1) is 13.9. The molecule has 0 spiro atoms. The van der Waals surface area contributed by atoms with Gasteiger partial charge in [-0.1, -0.05) is 36.4 Å². The fraction of sp³-hybridized carbons (Fsp3) is 0.409. The quantitative estimate of drug-likeness (QED) is 0.751. The van der Waals surface area contributed by atoms with E-state index in [9.17, 15) is 13.2 Å². The largest absolute Gasteiger partial charge is 0.380 e. The number of nitrogens with zero attached hydrogens (tertiary/aromatic N) is 1. The number of rotatable bonds is 7. The van der Waals surface area contributed by atoms with Gasteiger partial charge in [0, 0.05) is 31.8 Å². The molecule has 1 fully saturated rings. The number of aryl methyl sites for hydroxylation is 1. The van der Waals surface area contributed by atoms with Crippen LogP contribution in [0.2, 0.25) is 0 Å². The van der Waals surface area contributed by atoms with Crippen LogP contribution in [0.3, 0.4) is 0 Å². The second-order valence-corrected chi connectivity index (χ2v) is 9.45. The maximum atomic E-state index is 12.8. The van der Waals surface area contributed by atoms with Gasteiger partial charge in [0.15, 0.2) is 0 Å². The van der Waals surface area contributed by atoms with Crippen molar-refractivity contribution in [2.45, 2.75) is 32.1 Å². The van der Waals surface area contributed by atoms with Gasteiger partial charge in [0.05, 0.1) is 12.4 Å². The molecule has 29 heavy (non-hydrogen) atoms. The summed E-state index contributed by atoms with van der Waals surface area (Å²) in [5.74, 6) is -0.246. The first-order valence-corrected chi connectivity index (χ1v) is 11.4. The summed E-state index contributed by atoms with van der Waals surface area (Å²) in [6.45, 7) is 3.15. The normalized spacial score (nSPS) is 15.9. The van der Waals surface area contributed by atoms with Crippen LogP contribution in [0.5, 0.6) is 0 Å². The molecule has 1 heterocycles. The smallest absolute Gasteiger partial charge is 0.227 e. The zero-order valence-corrected chi connectivity index (χ0v) is 17.7. The maximum Gasteiger partial charge on any atom is 0.227 e. The Kier molecular flexibility index (Phi) is 7.05. The SMILES string of the molecule is COCc1cccc(NC(=O)C2CCN(S(=O)(=O)Cc3ccccc3C)CC2)c1. The van der Waals surface area contributed by atoms with E-state index in [2.05, 4.69) is 5.32 Å². The van der Waals surface area contributed by atoms with E-state index in [-0.39, 0.29) is 17.6 Å². The van der Waals surface area contributed by atoms with Crippen molar-refractivity contribution in [2.24, 2.45) is 5.92 Å². The lowest BCUT2D eigenvalue weighted by molar-refractivity contribution is -0.120. The Labute approximate surface area is 172 Å². The predicted molar refractivity (Wildman–Crippen MR) is 114 cm³/mol. The van der Waals surface area contributed by atoms with Gasteiger partial charge in [0.2, 0.25) is 15.9 Å². The summed E-state index contributed by atoms with van der Waals surface area (Å²) in [5, 5.41) is 2.95. The lowest BCUT2D eigenvalue weighted by Gasteiger charge is -2.30. The molecule has 0 saturated carbocycles. The second-order valence-electron chi connectivity index (χ2n) is 7.48. The zero-order chi connectivity index (χ0) is 20.9. The number of anilines is 1. The van der Waals surface area contributed by atoms with Crippen molar-refractivity contribution < 1.29 is 17.9 Å². The minimum Gasteiger partial charge on any atom is -0.380 e. The van der Waals surface area contributed by atoms with Crippen LogP contribution in [0.25, 0.3) is 0 Å². The predicted octanol–water partition coefficient (Wildman–Crippen LogP) is 3.32. The van der Waals surface area contributed by atoms with Crippen LogP contribution in [-0.2, 0) is 31.9 Å². The molecule has 2 aromatic rings. The average molecular weight is 417 g/mol. The third-order valence-electron chi connectivity index (χ3n) is 5.32. The highest BCUT2D eigenvalue weighted by Crippen LogP contribution is 2.24. The number of methoxy groups -OCH3 is 1. The molecular formula is C22H28N2O4S. The van der Waals surface area contributed by atoms with E-state index < -0.39 is 10.0 Å². The van der Waals surface area contributed by atoms with Gasteiger partial charge in [-0.25, -0.2) is 12.7 Å². The highest BCUT2D eigenvalue weighted by molar-refractivity contribution is 7.88. The van der Waals surface area contributed by atoms with E-state index in [4.69, 9.17) is 4.74 Å². The number of hydrogen-bond donors (Lipinski definition) is 1. The van der Waals surface area contributed by atoms with Crippen molar-refractivity contribution in [1.29, 1.82) is 0 Å². The van der Waals surface area contributed by atoms with Gasteiger partial charge in [-0.3, -0.25) is 4.79 Å². The Balaban J connectivity index is 1.56. The van der Waals surface area contributed by atoms with E-state index >= 15 is 0 Å². The number of carbonyl (C=O) groups is 1. The molecule has 0 radical (unpaired) electrons. The van der Waals surface area contributed by atoms with Gasteiger partial charge in [-0.05, 0) is 48.6 Å². The molecule has 7 heteroatoms. The van der Waals surface area contributed by atoms with Crippen molar-refractivity contribution in [3.05, 3.63) is 65.2 Å². The number of piperidine rings is 1. The summed E-state index contributed by atoms with van der Waals surface area (Å²) < 4.78 is 32.2. The van der Waals surface area contributed by atoms with Gasteiger partial charge in [-0.15, -0.1) is 0 Å². The van der Waals surface area contributed by atoms with Crippen molar-refractivity contribution >= 4 is 21.6 Å². The lowest BCUT2D eigenvalue weighted by atomic mass is 9.97. The summed E-state index contributed by atoms with van der Waals surface area (Å²) in [5.41, 5.74) is 3.52. The number of sulfonamides is 1. The molecule has 6 nitrogen and oxygen atoms in total. The Hall–Kier alpha value is -2.22. The molecule has 1 saturated heterocycles. The number of carbonyl (C=O) groups excluding carboxylic acids is 1. The summed E-state index contributed by atoms with van der Waals surface area (Å²) in [7, 11) is -1.76. The molecule has 3 rings (SSSR count). The van der Waals surface area contributed by atoms with Crippen LogP contribution >= 0.6 is 0 Å². The first kappa shape index (κ1) is 21.5. The van der Waals surface area contributed by atoms with Gasteiger partial charge >= 0.3 is 0 Å². The number of benzene rings is 2.